The Kier molecular flexibility index (Phi) is 3.48. The van der Waals surface area contributed by atoms with E-state index in [-0.39, 0.29) is 30.6 Å². The lowest BCUT2D eigenvalue weighted by Gasteiger charge is -2.36. The lowest BCUT2D eigenvalue weighted by molar-refractivity contribution is -0.135. The molecule has 0 bridgehead atoms. The van der Waals surface area contributed by atoms with Crippen molar-refractivity contribution < 1.29 is 23.9 Å². The van der Waals surface area contributed by atoms with Gasteiger partial charge in [0.1, 0.15) is 5.54 Å². The summed E-state index contributed by atoms with van der Waals surface area (Å²) in [7, 11) is 0. The topological polar surface area (TPSA) is 88.2 Å². The number of imide groups is 1. The highest BCUT2D eigenvalue weighted by atomic mass is 35.5. The van der Waals surface area contributed by atoms with Crippen molar-refractivity contribution in [2.45, 2.75) is 24.4 Å². The third kappa shape index (κ3) is 2.00. The Morgan fingerprint density at radius 1 is 1.03 bits per heavy atom. The Hall–Kier alpha value is -3.10. The van der Waals surface area contributed by atoms with Crippen molar-refractivity contribution in [3.8, 4) is 11.5 Å². The summed E-state index contributed by atoms with van der Waals surface area (Å²) in [6, 6.07) is 10.1. The van der Waals surface area contributed by atoms with Gasteiger partial charge in [0.15, 0.2) is 11.5 Å². The van der Waals surface area contributed by atoms with E-state index in [1.54, 1.807) is 36.4 Å². The maximum atomic E-state index is 13.9. The second-order valence-corrected chi connectivity index (χ2v) is 9.30. The van der Waals surface area contributed by atoms with Crippen molar-refractivity contribution in [3.05, 3.63) is 47.0 Å². The summed E-state index contributed by atoms with van der Waals surface area (Å²) in [6.45, 7) is 0.755. The van der Waals surface area contributed by atoms with Crippen molar-refractivity contribution in [1.82, 2.24) is 4.90 Å². The molecule has 3 fully saturated rings. The van der Waals surface area contributed by atoms with Crippen molar-refractivity contribution in [2.24, 2.45) is 11.8 Å². The minimum atomic E-state index is -1.23. The summed E-state index contributed by atoms with van der Waals surface area (Å²) < 4.78 is 10.8. The minimum Gasteiger partial charge on any atom is -0.454 e. The first-order chi connectivity index (χ1) is 15.5. The monoisotopic (exact) mass is 451 g/mol. The van der Waals surface area contributed by atoms with Gasteiger partial charge < -0.3 is 14.8 Å². The fourth-order valence-corrected chi connectivity index (χ4v) is 6.63. The Morgan fingerprint density at radius 2 is 1.88 bits per heavy atom. The molecule has 0 saturated carbocycles. The smallest absolute Gasteiger partial charge is 0.250 e. The molecule has 2 aromatic rings. The lowest BCUT2D eigenvalue weighted by Crippen LogP contribution is -2.54. The number of anilines is 2. The molecule has 5 aliphatic heterocycles. The third-order valence-electron chi connectivity index (χ3n) is 7.57. The number of benzene rings is 2. The molecular weight excluding hydrogens is 434 g/mol. The number of carbonyl (C=O) groups is 3. The zero-order valence-corrected chi connectivity index (χ0v) is 17.6. The van der Waals surface area contributed by atoms with Gasteiger partial charge in [0.25, 0.3) is 0 Å². The molecule has 2 aromatic carbocycles. The number of nitrogens with one attached hydrogen (secondary N) is 1. The van der Waals surface area contributed by atoms with E-state index in [9.17, 15) is 14.4 Å². The average molecular weight is 452 g/mol. The van der Waals surface area contributed by atoms with Crippen LogP contribution in [-0.2, 0) is 19.9 Å². The van der Waals surface area contributed by atoms with E-state index in [0.717, 1.165) is 12.8 Å². The van der Waals surface area contributed by atoms with E-state index >= 15 is 0 Å². The number of carbonyl (C=O) groups excluding carboxylic acids is 3. The van der Waals surface area contributed by atoms with Crippen LogP contribution in [0.25, 0.3) is 0 Å². The fourth-order valence-electron chi connectivity index (χ4n) is 6.45. The summed E-state index contributed by atoms with van der Waals surface area (Å²) in [4.78, 5) is 44.5. The van der Waals surface area contributed by atoms with Gasteiger partial charge in [0.05, 0.1) is 17.5 Å². The molecule has 7 rings (SSSR count). The molecule has 5 aliphatic rings. The van der Waals surface area contributed by atoms with E-state index in [1.165, 1.54) is 4.90 Å². The highest BCUT2D eigenvalue weighted by Gasteiger charge is 2.74. The molecule has 3 amide bonds. The molecule has 32 heavy (non-hydrogen) atoms. The first-order valence-corrected chi connectivity index (χ1v) is 11.1. The Morgan fingerprint density at radius 3 is 2.75 bits per heavy atom. The van der Waals surface area contributed by atoms with Crippen LogP contribution in [0, 0.1) is 11.8 Å². The van der Waals surface area contributed by atoms with E-state index in [4.69, 9.17) is 21.1 Å². The van der Waals surface area contributed by atoms with Crippen LogP contribution in [0.1, 0.15) is 18.4 Å². The van der Waals surface area contributed by atoms with Gasteiger partial charge >= 0.3 is 0 Å². The zero-order chi connectivity index (χ0) is 21.8. The number of rotatable bonds is 1. The summed E-state index contributed by atoms with van der Waals surface area (Å²) in [5, 5.41) is 3.44. The van der Waals surface area contributed by atoms with Gasteiger partial charge in [-0.25, -0.2) is 4.90 Å². The molecule has 162 valence electrons. The molecule has 0 unspecified atom stereocenters. The fraction of sp³-hybridized carbons (Fsp3) is 0.348. The van der Waals surface area contributed by atoms with Crippen molar-refractivity contribution in [3.63, 3.8) is 0 Å². The van der Waals surface area contributed by atoms with Crippen molar-refractivity contribution in [2.75, 3.05) is 23.6 Å². The van der Waals surface area contributed by atoms with Crippen LogP contribution in [0.15, 0.2) is 36.4 Å². The minimum absolute atomic E-state index is 0.101. The SMILES string of the molecule is O=C1[C@H]2[C@@H](C(=O)N1c1ccc3c(c1)OCO3)[C@]1(C(=O)Nc3ccc(Cl)cc31)N1CCC[C@@H]21. The lowest BCUT2D eigenvalue weighted by atomic mass is 9.75. The zero-order valence-electron chi connectivity index (χ0n) is 16.8. The Labute approximate surface area is 188 Å². The third-order valence-corrected chi connectivity index (χ3v) is 7.80. The quantitative estimate of drug-likeness (QED) is 0.670. The first-order valence-electron chi connectivity index (χ1n) is 10.7. The standard InChI is InChI=1S/C23H18ClN3O5/c24-11-3-5-14-13(8-11)23(22(30)25-14)19-18(15-2-1-7-26(15)23)20(28)27(21(19)29)12-4-6-16-17(9-12)32-10-31-16/h3-6,8-9,15,18-19H,1-2,7,10H2,(H,25,30)/t15-,18+,19-,23+/m0/s1. The summed E-state index contributed by atoms with van der Waals surface area (Å²) in [5.41, 5.74) is 0.530. The Bertz CT molecular complexity index is 1250. The second kappa shape index (κ2) is 6.02. The predicted molar refractivity (Wildman–Crippen MR) is 114 cm³/mol. The van der Waals surface area contributed by atoms with Gasteiger partial charge in [-0.3, -0.25) is 19.3 Å². The molecule has 3 saturated heterocycles. The van der Waals surface area contributed by atoms with Crippen LogP contribution in [0.5, 0.6) is 11.5 Å². The van der Waals surface area contributed by atoms with Crippen LogP contribution in [0.2, 0.25) is 5.02 Å². The Balaban J connectivity index is 1.41. The molecule has 5 heterocycles. The largest absolute Gasteiger partial charge is 0.454 e. The maximum Gasteiger partial charge on any atom is 0.250 e. The number of hydrogen-bond donors (Lipinski definition) is 1. The van der Waals surface area contributed by atoms with Gasteiger partial charge in [-0.2, -0.15) is 0 Å². The number of amides is 3. The van der Waals surface area contributed by atoms with Crippen LogP contribution in [0.3, 0.4) is 0 Å². The van der Waals surface area contributed by atoms with Gasteiger partial charge in [-0.05, 0) is 49.7 Å². The summed E-state index contributed by atoms with van der Waals surface area (Å²) in [6.07, 6.45) is 1.63. The van der Waals surface area contributed by atoms with Gasteiger partial charge in [0.2, 0.25) is 24.5 Å². The number of fused-ring (bicyclic) bond motifs is 8. The normalized spacial score (nSPS) is 32.0. The molecule has 0 aromatic heterocycles. The molecule has 1 spiro atoms. The van der Waals surface area contributed by atoms with Crippen LogP contribution < -0.4 is 19.7 Å². The van der Waals surface area contributed by atoms with E-state index in [1.807, 2.05) is 0 Å². The van der Waals surface area contributed by atoms with Crippen molar-refractivity contribution in [1.29, 1.82) is 0 Å². The van der Waals surface area contributed by atoms with Crippen molar-refractivity contribution >= 4 is 40.7 Å². The average Bonchev–Trinajstić information content (AvgIpc) is 3.55. The highest BCUT2D eigenvalue weighted by molar-refractivity contribution is 6.31. The summed E-state index contributed by atoms with van der Waals surface area (Å²) >= 11 is 6.32. The molecule has 0 radical (unpaired) electrons. The van der Waals surface area contributed by atoms with Crippen LogP contribution in [-0.4, -0.2) is 42.0 Å². The molecule has 8 nitrogen and oxygen atoms in total. The van der Waals surface area contributed by atoms with Crippen LogP contribution >= 0.6 is 11.6 Å². The number of hydrogen-bond acceptors (Lipinski definition) is 6. The predicted octanol–water partition coefficient (Wildman–Crippen LogP) is 2.50. The number of halogens is 1. The number of ether oxygens (including phenoxy) is 2. The molecule has 1 N–H and O–H groups in total. The molecule has 0 aliphatic carbocycles. The van der Waals surface area contributed by atoms with Gasteiger partial charge in [-0.1, -0.05) is 11.6 Å². The van der Waals surface area contributed by atoms with E-state index in [2.05, 4.69) is 10.2 Å². The van der Waals surface area contributed by atoms with Gasteiger partial charge in [0, 0.05) is 28.4 Å². The molecule has 4 atom stereocenters. The maximum absolute atomic E-state index is 13.9. The molecule has 9 heteroatoms. The summed E-state index contributed by atoms with van der Waals surface area (Å²) in [5.74, 6) is -1.23. The molecular formula is C23H18ClN3O5. The van der Waals surface area contributed by atoms with E-state index < -0.39 is 17.4 Å². The van der Waals surface area contributed by atoms with Gasteiger partial charge in [-0.15, -0.1) is 0 Å². The number of nitrogens with zero attached hydrogens (tertiary/aromatic N) is 2. The second-order valence-electron chi connectivity index (χ2n) is 8.87. The van der Waals surface area contributed by atoms with Crippen LogP contribution in [0.4, 0.5) is 11.4 Å². The van der Waals surface area contributed by atoms with E-state index in [0.29, 0.717) is 40.0 Å². The first kappa shape index (κ1) is 18.5. The highest BCUT2D eigenvalue weighted by Crippen LogP contribution is 2.61.